The van der Waals surface area contributed by atoms with E-state index in [1.165, 1.54) is 0 Å². The van der Waals surface area contributed by atoms with Gasteiger partial charge in [-0.1, -0.05) is 32.0 Å². The molecule has 0 saturated carbocycles. The highest BCUT2D eigenvalue weighted by Crippen LogP contribution is 2.17. The second kappa shape index (κ2) is 5.66. The molecule has 0 aromatic heterocycles. The Balaban J connectivity index is 2.74. The molecule has 0 bridgehead atoms. The Hall–Kier alpha value is -1.02. The summed E-state index contributed by atoms with van der Waals surface area (Å²) >= 11 is 0. The van der Waals surface area contributed by atoms with Crippen LogP contribution in [0.15, 0.2) is 24.3 Å². The lowest BCUT2D eigenvalue weighted by Crippen LogP contribution is -2.17. The van der Waals surface area contributed by atoms with Crippen molar-refractivity contribution in [2.45, 2.75) is 39.3 Å². The van der Waals surface area contributed by atoms with Gasteiger partial charge in [-0.3, -0.25) is 0 Å². The van der Waals surface area contributed by atoms with E-state index in [4.69, 9.17) is 5.11 Å². The first-order valence-electron chi connectivity index (χ1n) is 5.27. The molecule has 0 amide bonds. The predicted molar refractivity (Wildman–Crippen MR) is 60.4 cm³/mol. The highest BCUT2D eigenvalue weighted by molar-refractivity contribution is 5.51. The highest BCUT2D eigenvalue weighted by Gasteiger charge is 2.05. The molecule has 1 aromatic carbocycles. The maximum atomic E-state index is 9.14. The number of aliphatic hydroxyl groups excluding tert-OH is 1. The van der Waals surface area contributed by atoms with Gasteiger partial charge in [0.15, 0.2) is 0 Å². The van der Waals surface area contributed by atoms with Gasteiger partial charge in [-0.05, 0) is 18.9 Å². The number of benzene rings is 1. The number of para-hydroxylation sites is 1. The zero-order chi connectivity index (χ0) is 10.4. The van der Waals surface area contributed by atoms with E-state index in [-0.39, 0.29) is 6.61 Å². The molecule has 0 heterocycles. The van der Waals surface area contributed by atoms with Crippen LogP contribution in [0.2, 0.25) is 0 Å². The zero-order valence-electron chi connectivity index (χ0n) is 8.96. The number of hydrogen-bond acceptors (Lipinski definition) is 2. The van der Waals surface area contributed by atoms with Crippen molar-refractivity contribution < 1.29 is 5.11 Å². The van der Waals surface area contributed by atoms with E-state index in [9.17, 15) is 0 Å². The standard InChI is InChI=1S/C12H19NO/c1-3-11(4-2)13-12-8-6-5-7-10(12)9-14/h5-8,11,13-14H,3-4,9H2,1-2H3. The van der Waals surface area contributed by atoms with Gasteiger partial charge in [0, 0.05) is 17.3 Å². The van der Waals surface area contributed by atoms with Gasteiger partial charge in [0.25, 0.3) is 0 Å². The summed E-state index contributed by atoms with van der Waals surface area (Å²) in [5.41, 5.74) is 2.03. The van der Waals surface area contributed by atoms with Gasteiger partial charge in [-0.15, -0.1) is 0 Å². The largest absolute Gasteiger partial charge is 0.392 e. The lowest BCUT2D eigenvalue weighted by atomic mass is 10.1. The van der Waals surface area contributed by atoms with E-state index in [0.29, 0.717) is 6.04 Å². The van der Waals surface area contributed by atoms with E-state index >= 15 is 0 Å². The first kappa shape index (κ1) is 11.1. The van der Waals surface area contributed by atoms with Crippen LogP contribution < -0.4 is 5.32 Å². The normalized spacial score (nSPS) is 10.6. The van der Waals surface area contributed by atoms with Crippen LogP contribution in [0.3, 0.4) is 0 Å². The molecule has 0 aliphatic rings. The summed E-state index contributed by atoms with van der Waals surface area (Å²) in [7, 11) is 0. The molecule has 0 atom stereocenters. The number of nitrogens with one attached hydrogen (secondary N) is 1. The minimum atomic E-state index is 0.101. The third kappa shape index (κ3) is 2.74. The molecule has 0 fully saturated rings. The molecular formula is C12H19NO. The van der Waals surface area contributed by atoms with E-state index in [1.807, 2.05) is 24.3 Å². The van der Waals surface area contributed by atoms with Crippen LogP contribution in [-0.2, 0) is 6.61 Å². The molecular weight excluding hydrogens is 174 g/mol. The average molecular weight is 193 g/mol. The van der Waals surface area contributed by atoms with E-state index in [0.717, 1.165) is 24.1 Å². The SMILES string of the molecule is CCC(CC)Nc1ccccc1CO. The van der Waals surface area contributed by atoms with Crippen molar-refractivity contribution in [3.63, 3.8) is 0 Å². The maximum Gasteiger partial charge on any atom is 0.0701 e. The monoisotopic (exact) mass is 193 g/mol. The fourth-order valence-electron chi connectivity index (χ4n) is 1.51. The van der Waals surface area contributed by atoms with Gasteiger partial charge in [-0.25, -0.2) is 0 Å². The lowest BCUT2D eigenvalue weighted by molar-refractivity contribution is 0.282. The molecule has 78 valence electrons. The van der Waals surface area contributed by atoms with Crippen molar-refractivity contribution in [1.29, 1.82) is 0 Å². The van der Waals surface area contributed by atoms with Crippen LogP contribution in [-0.4, -0.2) is 11.1 Å². The van der Waals surface area contributed by atoms with Gasteiger partial charge < -0.3 is 10.4 Å². The Bertz CT molecular complexity index is 269. The third-order valence-corrected chi connectivity index (χ3v) is 2.53. The molecule has 0 unspecified atom stereocenters. The van der Waals surface area contributed by atoms with Gasteiger partial charge in [0.1, 0.15) is 0 Å². The molecule has 0 aliphatic carbocycles. The Morgan fingerprint density at radius 3 is 2.43 bits per heavy atom. The summed E-state index contributed by atoms with van der Waals surface area (Å²) in [4.78, 5) is 0. The first-order valence-corrected chi connectivity index (χ1v) is 5.27. The van der Waals surface area contributed by atoms with E-state index < -0.39 is 0 Å². The Morgan fingerprint density at radius 2 is 1.86 bits per heavy atom. The Morgan fingerprint density at radius 1 is 1.21 bits per heavy atom. The van der Waals surface area contributed by atoms with Gasteiger partial charge in [0.05, 0.1) is 6.61 Å². The Kier molecular flexibility index (Phi) is 4.47. The lowest BCUT2D eigenvalue weighted by Gasteiger charge is -2.18. The van der Waals surface area contributed by atoms with Crippen LogP contribution >= 0.6 is 0 Å². The fourth-order valence-corrected chi connectivity index (χ4v) is 1.51. The number of aliphatic hydroxyl groups is 1. The molecule has 1 rings (SSSR count). The minimum Gasteiger partial charge on any atom is -0.392 e. The molecule has 2 N–H and O–H groups in total. The summed E-state index contributed by atoms with van der Waals surface area (Å²) in [5, 5.41) is 12.6. The van der Waals surface area contributed by atoms with Crippen LogP contribution in [0.5, 0.6) is 0 Å². The third-order valence-electron chi connectivity index (χ3n) is 2.53. The van der Waals surface area contributed by atoms with Crippen molar-refractivity contribution in [3.8, 4) is 0 Å². The molecule has 14 heavy (non-hydrogen) atoms. The first-order chi connectivity index (χ1) is 6.81. The second-order valence-corrected chi connectivity index (χ2v) is 3.47. The van der Waals surface area contributed by atoms with Crippen molar-refractivity contribution in [2.75, 3.05) is 5.32 Å². The number of rotatable bonds is 5. The molecule has 0 aliphatic heterocycles. The van der Waals surface area contributed by atoms with E-state index in [1.54, 1.807) is 0 Å². The number of hydrogen-bond donors (Lipinski definition) is 2. The highest BCUT2D eigenvalue weighted by atomic mass is 16.3. The topological polar surface area (TPSA) is 32.3 Å². The Labute approximate surface area is 86.0 Å². The van der Waals surface area contributed by atoms with Crippen molar-refractivity contribution in [3.05, 3.63) is 29.8 Å². The van der Waals surface area contributed by atoms with Gasteiger partial charge in [-0.2, -0.15) is 0 Å². The van der Waals surface area contributed by atoms with Crippen LogP contribution in [0.1, 0.15) is 32.3 Å². The smallest absolute Gasteiger partial charge is 0.0701 e. The van der Waals surface area contributed by atoms with E-state index in [2.05, 4.69) is 19.2 Å². The van der Waals surface area contributed by atoms with Crippen molar-refractivity contribution in [2.24, 2.45) is 0 Å². The molecule has 0 spiro atoms. The van der Waals surface area contributed by atoms with Crippen molar-refractivity contribution >= 4 is 5.69 Å². The van der Waals surface area contributed by atoms with Crippen molar-refractivity contribution in [1.82, 2.24) is 0 Å². The van der Waals surface area contributed by atoms with Crippen LogP contribution in [0.4, 0.5) is 5.69 Å². The fraction of sp³-hybridized carbons (Fsp3) is 0.500. The summed E-state index contributed by atoms with van der Waals surface area (Å²) < 4.78 is 0. The second-order valence-electron chi connectivity index (χ2n) is 3.47. The molecule has 0 saturated heterocycles. The van der Waals surface area contributed by atoms with Crippen LogP contribution in [0.25, 0.3) is 0 Å². The average Bonchev–Trinajstić information content (AvgIpc) is 2.26. The summed E-state index contributed by atoms with van der Waals surface area (Å²) in [6.45, 7) is 4.44. The zero-order valence-corrected chi connectivity index (χ0v) is 8.96. The quantitative estimate of drug-likeness (QED) is 0.753. The molecule has 0 radical (unpaired) electrons. The summed E-state index contributed by atoms with van der Waals surface area (Å²) in [6, 6.07) is 8.41. The van der Waals surface area contributed by atoms with Crippen LogP contribution in [0, 0.1) is 0 Å². The minimum absolute atomic E-state index is 0.101. The summed E-state index contributed by atoms with van der Waals surface area (Å²) in [5.74, 6) is 0. The van der Waals surface area contributed by atoms with Gasteiger partial charge in [0.2, 0.25) is 0 Å². The van der Waals surface area contributed by atoms with Gasteiger partial charge >= 0.3 is 0 Å². The number of anilines is 1. The predicted octanol–water partition coefficient (Wildman–Crippen LogP) is 2.78. The molecule has 1 aromatic rings. The molecule has 2 heteroatoms. The maximum absolute atomic E-state index is 9.14. The summed E-state index contributed by atoms with van der Waals surface area (Å²) in [6.07, 6.45) is 2.21. The molecule has 2 nitrogen and oxygen atoms in total.